The lowest BCUT2D eigenvalue weighted by Gasteiger charge is -2.18. The molecule has 0 aliphatic carbocycles. The minimum atomic E-state index is -1.26. The van der Waals surface area contributed by atoms with Gasteiger partial charge in [-0.2, -0.15) is 0 Å². The SMILES string of the molecule is CCCn1cnc2c1c(=O)n(CCC(C)(O)C#CCN1CCCC1)c(=O)n2CC.O=C(O)C=CC(=O)O. The molecule has 0 saturated carbocycles. The number of imidazole rings is 1. The molecule has 1 aliphatic heterocycles. The van der Waals surface area contributed by atoms with Gasteiger partial charge in [0.2, 0.25) is 0 Å². The molecule has 1 unspecified atom stereocenters. The smallest absolute Gasteiger partial charge is 0.332 e. The van der Waals surface area contributed by atoms with Crippen LogP contribution in [-0.2, 0) is 29.2 Å². The third-order valence-electron chi connectivity index (χ3n) is 5.81. The number of aryl methyl sites for hydroxylation is 2. The number of hydrogen-bond donors (Lipinski definition) is 3. The van der Waals surface area contributed by atoms with Crippen molar-refractivity contribution in [3.05, 3.63) is 39.3 Å². The Morgan fingerprint density at radius 3 is 2.24 bits per heavy atom. The molecule has 202 valence electrons. The number of aliphatic carboxylic acids is 2. The van der Waals surface area contributed by atoms with Gasteiger partial charge in [-0.25, -0.2) is 19.4 Å². The summed E-state index contributed by atoms with van der Waals surface area (Å²) >= 11 is 0. The van der Waals surface area contributed by atoms with Gasteiger partial charge in [-0.1, -0.05) is 18.8 Å². The van der Waals surface area contributed by atoms with Crippen LogP contribution in [0.3, 0.4) is 0 Å². The first kappa shape index (κ1) is 29.5. The third-order valence-corrected chi connectivity index (χ3v) is 5.81. The van der Waals surface area contributed by atoms with E-state index in [2.05, 4.69) is 21.7 Å². The molecule has 3 rings (SSSR count). The first-order valence-electron chi connectivity index (χ1n) is 12.3. The van der Waals surface area contributed by atoms with Crippen molar-refractivity contribution in [3.8, 4) is 11.8 Å². The van der Waals surface area contributed by atoms with E-state index in [9.17, 15) is 24.3 Å². The van der Waals surface area contributed by atoms with Gasteiger partial charge in [0.05, 0.1) is 12.9 Å². The van der Waals surface area contributed by atoms with Crippen molar-refractivity contribution >= 4 is 23.1 Å². The largest absolute Gasteiger partial charge is 0.478 e. The number of aliphatic hydroxyl groups is 1. The van der Waals surface area contributed by atoms with Crippen LogP contribution in [0.1, 0.15) is 46.5 Å². The molecule has 1 atom stereocenters. The summed E-state index contributed by atoms with van der Waals surface area (Å²) in [5, 5.41) is 26.3. The molecule has 1 aliphatic rings. The van der Waals surface area contributed by atoms with E-state index in [1.165, 1.54) is 22.0 Å². The molecule has 12 nitrogen and oxygen atoms in total. The van der Waals surface area contributed by atoms with E-state index in [0.29, 0.717) is 43.0 Å². The second kappa shape index (κ2) is 13.6. The number of aromatic nitrogens is 4. The van der Waals surface area contributed by atoms with Crippen LogP contribution < -0.4 is 11.2 Å². The summed E-state index contributed by atoms with van der Waals surface area (Å²) in [5.41, 5.74) is -1.16. The Hall–Kier alpha value is -3.69. The fourth-order valence-electron chi connectivity index (χ4n) is 3.95. The molecule has 1 fully saturated rings. The van der Waals surface area contributed by atoms with Crippen LogP contribution in [0.15, 0.2) is 28.1 Å². The van der Waals surface area contributed by atoms with Crippen molar-refractivity contribution in [1.82, 2.24) is 23.6 Å². The maximum Gasteiger partial charge on any atom is 0.332 e. The van der Waals surface area contributed by atoms with Gasteiger partial charge in [0.15, 0.2) is 11.2 Å². The highest BCUT2D eigenvalue weighted by atomic mass is 16.4. The summed E-state index contributed by atoms with van der Waals surface area (Å²) in [6.45, 7) is 9.44. The first-order chi connectivity index (χ1) is 17.5. The fraction of sp³-hybridized carbons (Fsp3) is 0.560. The highest BCUT2D eigenvalue weighted by molar-refractivity contribution is 5.89. The molecule has 37 heavy (non-hydrogen) atoms. The van der Waals surface area contributed by atoms with Crippen molar-refractivity contribution in [1.29, 1.82) is 0 Å². The minimum absolute atomic E-state index is 0.107. The molecule has 2 aromatic heterocycles. The fourth-order valence-corrected chi connectivity index (χ4v) is 3.95. The molecule has 0 bridgehead atoms. The van der Waals surface area contributed by atoms with E-state index in [1.807, 2.05) is 13.8 Å². The van der Waals surface area contributed by atoms with Gasteiger partial charge in [0.1, 0.15) is 5.60 Å². The summed E-state index contributed by atoms with van der Waals surface area (Å²) in [6, 6.07) is 0. The number of carboxylic acids is 2. The molecule has 0 aromatic carbocycles. The van der Waals surface area contributed by atoms with Gasteiger partial charge >= 0.3 is 17.6 Å². The van der Waals surface area contributed by atoms with E-state index in [1.54, 1.807) is 17.8 Å². The van der Waals surface area contributed by atoms with Crippen molar-refractivity contribution < 1.29 is 24.9 Å². The maximum absolute atomic E-state index is 13.0. The topological polar surface area (TPSA) is 160 Å². The molecule has 0 spiro atoms. The Morgan fingerprint density at radius 1 is 1.08 bits per heavy atom. The number of carboxylic acid groups (broad SMARTS) is 2. The van der Waals surface area contributed by atoms with Gasteiger partial charge in [0, 0.05) is 38.2 Å². The van der Waals surface area contributed by atoms with Crippen LogP contribution in [0.5, 0.6) is 0 Å². The second-order valence-electron chi connectivity index (χ2n) is 8.91. The minimum Gasteiger partial charge on any atom is -0.478 e. The monoisotopic (exact) mass is 517 g/mol. The highest BCUT2D eigenvalue weighted by Crippen LogP contribution is 2.11. The van der Waals surface area contributed by atoms with Crippen LogP contribution >= 0.6 is 0 Å². The Bertz CT molecular complexity index is 1280. The highest BCUT2D eigenvalue weighted by Gasteiger charge is 2.21. The standard InChI is InChI=1S/C21H31N5O3.C4H4O4/c1-4-11-24-16-22-18-17(24)19(27)26(20(28)25(18)5-2)15-10-21(3,29)9-8-14-23-12-6-7-13-23;5-3(6)1-2-4(7)8/h16,29H,4-7,10-15H2,1-3H3;1-2H,(H,5,6)(H,7,8). The number of nitrogens with zero attached hydrogens (tertiary/aromatic N) is 5. The maximum atomic E-state index is 13.0. The molecule has 2 aromatic rings. The summed E-state index contributed by atoms with van der Waals surface area (Å²) in [5.74, 6) is 3.44. The third kappa shape index (κ3) is 8.44. The molecule has 3 heterocycles. The van der Waals surface area contributed by atoms with Gasteiger partial charge in [0.25, 0.3) is 5.56 Å². The van der Waals surface area contributed by atoms with Gasteiger partial charge in [-0.15, -0.1) is 0 Å². The average molecular weight is 518 g/mol. The first-order valence-corrected chi connectivity index (χ1v) is 12.3. The van der Waals surface area contributed by atoms with Crippen LogP contribution in [0.4, 0.5) is 0 Å². The number of likely N-dealkylation sites (tertiary alicyclic amines) is 1. The van der Waals surface area contributed by atoms with Crippen LogP contribution in [0.25, 0.3) is 11.2 Å². The van der Waals surface area contributed by atoms with Crippen LogP contribution in [-0.4, -0.2) is 76.1 Å². The number of fused-ring (bicyclic) bond motifs is 1. The normalized spacial score (nSPS) is 15.1. The van der Waals surface area contributed by atoms with Gasteiger partial charge < -0.3 is 19.9 Å². The quantitative estimate of drug-likeness (QED) is 0.322. The van der Waals surface area contributed by atoms with Crippen molar-refractivity contribution in [2.45, 2.75) is 71.7 Å². The van der Waals surface area contributed by atoms with E-state index >= 15 is 0 Å². The zero-order chi connectivity index (χ0) is 27.6. The Morgan fingerprint density at radius 2 is 1.70 bits per heavy atom. The zero-order valence-corrected chi connectivity index (χ0v) is 21.5. The molecule has 0 amide bonds. The number of carbonyl (C=O) groups is 2. The number of rotatable bonds is 9. The van der Waals surface area contributed by atoms with E-state index in [4.69, 9.17) is 10.2 Å². The molecule has 12 heteroatoms. The van der Waals surface area contributed by atoms with E-state index in [-0.39, 0.29) is 18.5 Å². The van der Waals surface area contributed by atoms with E-state index in [0.717, 1.165) is 19.5 Å². The second-order valence-corrected chi connectivity index (χ2v) is 8.91. The Labute approximate surface area is 214 Å². The number of hydrogen-bond acceptors (Lipinski definition) is 7. The van der Waals surface area contributed by atoms with Crippen LogP contribution in [0.2, 0.25) is 0 Å². The van der Waals surface area contributed by atoms with Crippen molar-refractivity contribution in [2.24, 2.45) is 0 Å². The Balaban J connectivity index is 0.000000521. The van der Waals surface area contributed by atoms with Gasteiger partial charge in [-0.05, 0) is 46.2 Å². The summed E-state index contributed by atoms with van der Waals surface area (Å²) in [6.07, 6.45) is 6.18. The summed E-state index contributed by atoms with van der Waals surface area (Å²) < 4.78 is 4.51. The van der Waals surface area contributed by atoms with E-state index < -0.39 is 23.2 Å². The molecular formula is C25H35N5O7. The molecule has 1 saturated heterocycles. The van der Waals surface area contributed by atoms with Crippen molar-refractivity contribution in [3.63, 3.8) is 0 Å². The lowest BCUT2D eigenvalue weighted by atomic mass is 10.0. The van der Waals surface area contributed by atoms with Gasteiger partial charge in [-0.3, -0.25) is 18.8 Å². The molecule has 3 N–H and O–H groups in total. The lowest BCUT2D eigenvalue weighted by molar-refractivity contribution is -0.134. The zero-order valence-electron chi connectivity index (χ0n) is 21.5. The molecular weight excluding hydrogens is 482 g/mol. The van der Waals surface area contributed by atoms with Crippen LogP contribution in [0, 0.1) is 11.8 Å². The summed E-state index contributed by atoms with van der Waals surface area (Å²) in [4.78, 5) is 51.6. The average Bonchev–Trinajstić information content (AvgIpc) is 3.49. The molecule has 0 radical (unpaired) electrons. The summed E-state index contributed by atoms with van der Waals surface area (Å²) in [7, 11) is 0. The predicted octanol–water partition coefficient (Wildman–Crippen LogP) is 0.742. The van der Waals surface area contributed by atoms with Crippen molar-refractivity contribution in [2.75, 3.05) is 19.6 Å². The predicted molar refractivity (Wildman–Crippen MR) is 137 cm³/mol. The Kier molecular flexibility index (Phi) is 10.8. The lowest BCUT2D eigenvalue weighted by Crippen LogP contribution is -2.42.